The Balaban J connectivity index is 2.62. The molecule has 0 saturated heterocycles. The lowest BCUT2D eigenvalue weighted by molar-refractivity contribution is 0.0314. The van der Waals surface area contributed by atoms with Crippen molar-refractivity contribution in [1.29, 1.82) is 0 Å². The maximum Gasteiger partial charge on any atom is 0.251 e. The van der Waals surface area contributed by atoms with E-state index in [4.69, 9.17) is 0 Å². The van der Waals surface area contributed by atoms with Crippen LogP contribution < -0.4 is 5.32 Å². The molecule has 0 aliphatic rings. The minimum Gasteiger partial charge on any atom is -0.388 e. The molecule has 2 N–H and O–H groups in total. The van der Waals surface area contributed by atoms with Gasteiger partial charge in [0, 0.05) is 24.0 Å². The SMILES string of the molecule is CCC(O)(CC)CNC(=O)c1ccnc(C)c1. The number of hydrogen-bond acceptors (Lipinski definition) is 3. The summed E-state index contributed by atoms with van der Waals surface area (Å²) in [6.45, 7) is 5.93. The molecule has 1 rings (SSSR count). The minimum absolute atomic E-state index is 0.171. The van der Waals surface area contributed by atoms with Gasteiger partial charge in [-0.2, -0.15) is 0 Å². The summed E-state index contributed by atoms with van der Waals surface area (Å²) < 4.78 is 0. The molecule has 1 aromatic rings. The number of pyridine rings is 1. The molecule has 0 atom stereocenters. The number of amides is 1. The van der Waals surface area contributed by atoms with Crippen LogP contribution in [0.15, 0.2) is 18.3 Å². The normalized spacial score (nSPS) is 11.3. The monoisotopic (exact) mass is 236 g/mol. The van der Waals surface area contributed by atoms with Crippen molar-refractivity contribution in [2.45, 2.75) is 39.2 Å². The van der Waals surface area contributed by atoms with E-state index in [0.29, 0.717) is 18.4 Å². The fourth-order valence-electron chi connectivity index (χ4n) is 1.53. The maximum atomic E-state index is 11.8. The van der Waals surface area contributed by atoms with Crippen LogP contribution in [0, 0.1) is 6.92 Å². The number of aromatic nitrogens is 1. The Morgan fingerprint density at radius 1 is 1.47 bits per heavy atom. The largest absolute Gasteiger partial charge is 0.388 e. The number of aliphatic hydroxyl groups is 1. The van der Waals surface area contributed by atoms with Crippen LogP contribution in [0.5, 0.6) is 0 Å². The smallest absolute Gasteiger partial charge is 0.251 e. The number of carbonyl (C=O) groups is 1. The van der Waals surface area contributed by atoms with E-state index in [0.717, 1.165) is 5.69 Å². The first-order valence-corrected chi connectivity index (χ1v) is 5.94. The molecule has 4 nitrogen and oxygen atoms in total. The van der Waals surface area contributed by atoms with Gasteiger partial charge in [-0.15, -0.1) is 0 Å². The third-order valence-electron chi connectivity index (χ3n) is 3.05. The van der Waals surface area contributed by atoms with Crippen LogP contribution in [0.25, 0.3) is 0 Å². The molecule has 0 unspecified atom stereocenters. The van der Waals surface area contributed by atoms with Gasteiger partial charge in [-0.05, 0) is 31.9 Å². The average molecular weight is 236 g/mol. The van der Waals surface area contributed by atoms with Gasteiger partial charge in [0.1, 0.15) is 0 Å². The molecule has 94 valence electrons. The molecule has 1 amide bonds. The Morgan fingerprint density at radius 3 is 2.65 bits per heavy atom. The summed E-state index contributed by atoms with van der Waals surface area (Å²) in [5.41, 5.74) is 0.573. The molecule has 1 aromatic heterocycles. The summed E-state index contributed by atoms with van der Waals surface area (Å²) in [6, 6.07) is 3.39. The van der Waals surface area contributed by atoms with Gasteiger partial charge in [0.05, 0.1) is 5.60 Å². The van der Waals surface area contributed by atoms with E-state index in [2.05, 4.69) is 10.3 Å². The third kappa shape index (κ3) is 3.82. The zero-order valence-corrected chi connectivity index (χ0v) is 10.7. The molecular formula is C13H20N2O2. The van der Waals surface area contributed by atoms with E-state index < -0.39 is 5.60 Å². The highest BCUT2D eigenvalue weighted by molar-refractivity contribution is 5.94. The number of nitrogens with zero attached hydrogens (tertiary/aromatic N) is 1. The first kappa shape index (κ1) is 13.6. The van der Waals surface area contributed by atoms with Crippen molar-refractivity contribution >= 4 is 5.91 Å². The Morgan fingerprint density at radius 2 is 2.12 bits per heavy atom. The molecule has 0 aliphatic carbocycles. The number of hydrogen-bond donors (Lipinski definition) is 2. The average Bonchev–Trinajstić information content (AvgIpc) is 2.35. The molecule has 0 aliphatic heterocycles. The van der Waals surface area contributed by atoms with Crippen LogP contribution in [-0.4, -0.2) is 28.1 Å². The van der Waals surface area contributed by atoms with E-state index in [-0.39, 0.29) is 12.5 Å². The number of carbonyl (C=O) groups excluding carboxylic acids is 1. The van der Waals surface area contributed by atoms with E-state index in [9.17, 15) is 9.90 Å². The topological polar surface area (TPSA) is 62.2 Å². The fraction of sp³-hybridized carbons (Fsp3) is 0.538. The van der Waals surface area contributed by atoms with Gasteiger partial charge in [-0.1, -0.05) is 13.8 Å². The zero-order chi connectivity index (χ0) is 12.9. The summed E-state index contributed by atoms with van der Waals surface area (Å²) in [6.07, 6.45) is 2.86. The van der Waals surface area contributed by atoms with Crippen LogP contribution >= 0.6 is 0 Å². The second-order valence-electron chi connectivity index (χ2n) is 4.30. The third-order valence-corrected chi connectivity index (χ3v) is 3.05. The second-order valence-corrected chi connectivity index (χ2v) is 4.30. The fourth-order valence-corrected chi connectivity index (χ4v) is 1.53. The van der Waals surface area contributed by atoms with E-state index in [1.165, 1.54) is 0 Å². The molecule has 0 radical (unpaired) electrons. The summed E-state index contributed by atoms with van der Waals surface area (Å²) in [7, 11) is 0. The molecule has 1 heterocycles. The minimum atomic E-state index is -0.808. The maximum absolute atomic E-state index is 11.8. The van der Waals surface area contributed by atoms with Gasteiger partial charge >= 0.3 is 0 Å². The Kier molecular flexibility index (Phi) is 4.63. The summed E-state index contributed by atoms with van der Waals surface area (Å²) in [5.74, 6) is -0.171. The predicted molar refractivity (Wildman–Crippen MR) is 66.8 cm³/mol. The highest BCUT2D eigenvalue weighted by Crippen LogP contribution is 2.13. The van der Waals surface area contributed by atoms with Crippen molar-refractivity contribution < 1.29 is 9.90 Å². The molecule has 0 spiro atoms. The Bertz CT molecular complexity index is 387. The van der Waals surface area contributed by atoms with E-state index in [1.807, 2.05) is 20.8 Å². The van der Waals surface area contributed by atoms with Gasteiger partial charge in [-0.3, -0.25) is 9.78 Å². The predicted octanol–water partition coefficient (Wildman–Crippen LogP) is 1.67. The summed E-state index contributed by atoms with van der Waals surface area (Å²) >= 11 is 0. The summed E-state index contributed by atoms with van der Waals surface area (Å²) in [5, 5.41) is 12.8. The molecule has 4 heteroatoms. The number of rotatable bonds is 5. The summed E-state index contributed by atoms with van der Waals surface area (Å²) in [4.78, 5) is 15.9. The highest BCUT2D eigenvalue weighted by atomic mass is 16.3. The molecular weight excluding hydrogens is 216 g/mol. The first-order chi connectivity index (χ1) is 8.00. The molecule has 0 bridgehead atoms. The quantitative estimate of drug-likeness (QED) is 0.817. The van der Waals surface area contributed by atoms with Crippen LogP contribution in [0.1, 0.15) is 42.7 Å². The molecule has 0 saturated carbocycles. The zero-order valence-electron chi connectivity index (χ0n) is 10.7. The standard InChI is InChI=1S/C13H20N2O2/c1-4-13(17,5-2)9-15-12(16)11-6-7-14-10(3)8-11/h6-8,17H,4-5,9H2,1-3H3,(H,15,16). The van der Waals surface area contributed by atoms with Crippen LogP contribution in [0.4, 0.5) is 0 Å². The molecule has 0 fully saturated rings. The van der Waals surface area contributed by atoms with Crippen molar-refractivity contribution in [3.05, 3.63) is 29.6 Å². The molecule has 0 aromatic carbocycles. The van der Waals surface area contributed by atoms with Gasteiger partial charge in [0.2, 0.25) is 0 Å². The lowest BCUT2D eigenvalue weighted by atomic mass is 9.97. The van der Waals surface area contributed by atoms with Gasteiger partial charge in [0.25, 0.3) is 5.91 Å². The van der Waals surface area contributed by atoms with Gasteiger partial charge in [-0.25, -0.2) is 0 Å². The number of aryl methyl sites for hydroxylation is 1. The van der Waals surface area contributed by atoms with E-state index >= 15 is 0 Å². The first-order valence-electron chi connectivity index (χ1n) is 5.94. The van der Waals surface area contributed by atoms with Crippen LogP contribution in [0.3, 0.4) is 0 Å². The van der Waals surface area contributed by atoms with Crippen molar-refractivity contribution in [2.75, 3.05) is 6.54 Å². The van der Waals surface area contributed by atoms with Crippen molar-refractivity contribution in [3.63, 3.8) is 0 Å². The second kappa shape index (κ2) is 5.77. The molecule has 17 heavy (non-hydrogen) atoms. The van der Waals surface area contributed by atoms with Crippen LogP contribution in [-0.2, 0) is 0 Å². The van der Waals surface area contributed by atoms with Crippen LogP contribution in [0.2, 0.25) is 0 Å². The lowest BCUT2D eigenvalue weighted by Crippen LogP contribution is -2.42. The van der Waals surface area contributed by atoms with Crippen molar-refractivity contribution in [1.82, 2.24) is 10.3 Å². The highest BCUT2D eigenvalue weighted by Gasteiger charge is 2.22. The number of nitrogens with one attached hydrogen (secondary N) is 1. The Hall–Kier alpha value is -1.42. The van der Waals surface area contributed by atoms with Crippen molar-refractivity contribution in [3.8, 4) is 0 Å². The van der Waals surface area contributed by atoms with Crippen molar-refractivity contribution in [2.24, 2.45) is 0 Å². The Labute approximate surface area is 102 Å². The van der Waals surface area contributed by atoms with E-state index in [1.54, 1.807) is 18.3 Å². The lowest BCUT2D eigenvalue weighted by Gasteiger charge is -2.25. The van der Waals surface area contributed by atoms with Gasteiger partial charge < -0.3 is 10.4 Å². The van der Waals surface area contributed by atoms with Gasteiger partial charge in [0.15, 0.2) is 0 Å².